The van der Waals surface area contributed by atoms with Crippen molar-refractivity contribution in [3.8, 4) is 41.9 Å². The number of carboxylic acid groups (broad SMARTS) is 3. The number of rotatable bonds is 9. The second-order valence-electron chi connectivity index (χ2n) is 10.7. The summed E-state index contributed by atoms with van der Waals surface area (Å²) in [6, 6.07) is 5.00. The van der Waals surface area contributed by atoms with E-state index in [0.29, 0.717) is 31.3 Å². The van der Waals surface area contributed by atoms with E-state index in [9.17, 15) is 44.1 Å². The molecule has 0 radical (unpaired) electrons. The minimum atomic E-state index is -1.19. The predicted octanol–water partition coefficient (Wildman–Crippen LogP) is 2.72. The van der Waals surface area contributed by atoms with Gasteiger partial charge in [0, 0.05) is 16.2 Å². The number of amides is 3. The van der Waals surface area contributed by atoms with Crippen molar-refractivity contribution < 1.29 is 59.4 Å². The summed E-state index contributed by atoms with van der Waals surface area (Å²) in [6.45, 7) is 0.0910. The molecule has 0 spiro atoms. The Morgan fingerprint density at radius 2 is 0.946 bits per heavy atom. The molecule has 9 N–H and O–H groups in total. The van der Waals surface area contributed by atoms with E-state index in [2.05, 4.69) is 42.7 Å². The van der Waals surface area contributed by atoms with Gasteiger partial charge >= 0.3 is 17.9 Å². The van der Waals surface area contributed by atoms with Crippen molar-refractivity contribution in [3.63, 3.8) is 0 Å². The third-order valence-corrected chi connectivity index (χ3v) is 9.90. The van der Waals surface area contributed by atoms with Crippen LogP contribution in [0.4, 0.5) is 0 Å². The molecule has 0 aliphatic rings. The van der Waals surface area contributed by atoms with Crippen LogP contribution in [0.5, 0.6) is 17.2 Å². The van der Waals surface area contributed by atoms with E-state index in [1.54, 1.807) is 41.3 Å². The third-order valence-electron chi connectivity index (χ3n) is 7.04. The molecule has 0 atom stereocenters. The molecule has 0 aliphatic carbocycles. The number of nitrogens with zero attached hydrogens (tertiary/aromatic N) is 3. The highest BCUT2D eigenvalue weighted by Gasteiger charge is 2.22. The van der Waals surface area contributed by atoms with Crippen molar-refractivity contribution in [1.29, 1.82) is 0 Å². The van der Waals surface area contributed by atoms with E-state index in [4.69, 9.17) is 28.2 Å². The van der Waals surface area contributed by atoms with E-state index in [-0.39, 0.29) is 45.7 Å². The number of aliphatic carboxylic acids is 3. The van der Waals surface area contributed by atoms with E-state index in [1.165, 1.54) is 34.0 Å². The average Bonchev–Trinajstić information content (AvgIpc) is 3.97. The molecule has 56 heavy (non-hydrogen) atoms. The highest BCUT2D eigenvalue weighted by molar-refractivity contribution is 7.18. The maximum atomic E-state index is 11.7. The van der Waals surface area contributed by atoms with Gasteiger partial charge in [-0.25, -0.2) is 15.0 Å². The summed E-state index contributed by atoms with van der Waals surface area (Å²) in [5.41, 5.74) is 0.389. The zero-order valence-corrected chi connectivity index (χ0v) is 30.9. The van der Waals surface area contributed by atoms with Gasteiger partial charge < -0.3 is 46.6 Å². The van der Waals surface area contributed by atoms with Crippen molar-refractivity contribution in [2.75, 3.05) is 19.6 Å². The lowest BCUT2D eigenvalue weighted by atomic mass is 10.2. The largest absolute Gasteiger partial charge is 0.505 e. The summed E-state index contributed by atoms with van der Waals surface area (Å²) in [6.07, 6.45) is 10.6. The van der Waals surface area contributed by atoms with Crippen LogP contribution in [0.1, 0.15) is 48.5 Å². The van der Waals surface area contributed by atoms with E-state index in [1.807, 2.05) is 0 Å². The molecule has 21 heteroatoms. The first-order valence-corrected chi connectivity index (χ1v) is 17.9. The highest BCUT2D eigenvalue weighted by Crippen LogP contribution is 2.35. The van der Waals surface area contributed by atoms with Gasteiger partial charge in [-0.15, -0.1) is 46.9 Å². The van der Waals surface area contributed by atoms with Gasteiger partial charge in [0.1, 0.15) is 31.0 Å². The van der Waals surface area contributed by atoms with E-state index in [0.717, 1.165) is 4.70 Å². The summed E-state index contributed by atoms with van der Waals surface area (Å²) in [4.78, 5) is 78.1. The number of fused-ring (bicyclic) bond motifs is 3. The molecule has 286 valence electrons. The average molecular weight is 819 g/mol. The number of thiophene rings is 3. The minimum absolute atomic E-state index is 0.153. The second-order valence-corrected chi connectivity index (χ2v) is 13.5. The van der Waals surface area contributed by atoms with Crippen molar-refractivity contribution in [1.82, 2.24) is 30.9 Å². The van der Waals surface area contributed by atoms with Crippen LogP contribution < -0.4 is 16.0 Å². The van der Waals surface area contributed by atoms with Crippen LogP contribution in [-0.2, 0) is 14.4 Å². The number of carboxylic acids is 3. The van der Waals surface area contributed by atoms with Gasteiger partial charge in [0.2, 0.25) is 0 Å². The van der Waals surface area contributed by atoms with Crippen LogP contribution in [0.2, 0.25) is 0 Å². The smallest absolute Gasteiger partial charge is 0.322 e. The first kappa shape index (κ1) is 41.4. The maximum Gasteiger partial charge on any atom is 0.322 e. The van der Waals surface area contributed by atoms with Crippen LogP contribution in [0.25, 0.3) is 30.3 Å². The topological polar surface area (TPSA) is 299 Å². The Balaban J connectivity index is 0.000000187. The van der Waals surface area contributed by atoms with Gasteiger partial charge in [0.15, 0.2) is 34.3 Å². The van der Waals surface area contributed by atoms with Gasteiger partial charge in [-0.2, -0.15) is 0 Å². The Morgan fingerprint density at radius 1 is 0.571 bits per heavy atom. The monoisotopic (exact) mass is 818 g/mol. The fourth-order valence-electron chi connectivity index (χ4n) is 4.61. The molecule has 0 unspecified atom stereocenters. The zero-order valence-electron chi connectivity index (χ0n) is 28.4. The Kier molecular flexibility index (Phi) is 13.4. The fourth-order valence-corrected chi connectivity index (χ4v) is 7.15. The SMILES string of the molecule is C#Cc1nc(C(=O)NCC(=O)O)c(O)c2ccsc12.C#Cc1nc(C(=O)NCC(=O)O)c(O)c2sccc12.Cc1nc(C(=O)NCC(=O)O)c(O)c2ccsc12. The van der Waals surface area contributed by atoms with Crippen LogP contribution in [0.15, 0.2) is 34.3 Å². The van der Waals surface area contributed by atoms with Crippen LogP contribution in [0.3, 0.4) is 0 Å². The zero-order chi connectivity index (χ0) is 41.3. The quantitative estimate of drug-likeness (QED) is 0.0948. The molecular formula is C35H26N6O12S3. The first-order valence-electron chi connectivity index (χ1n) is 15.3. The van der Waals surface area contributed by atoms with Crippen molar-refractivity contribution in [3.05, 3.63) is 68.5 Å². The lowest BCUT2D eigenvalue weighted by Gasteiger charge is -2.06. The van der Waals surface area contributed by atoms with Crippen LogP contribution in [-0.4, -0.2) is 101 Å². The summed E-state index contributed by atoms with van der Waals surface area (Å²) in [5.74, 6) is -1.98. The van der Waals surface area contributed by atoms with Gasteiger partial charge in [0.25, 0.3) is 17.7 Å². The number of carbonyl (C=O) groups excluding carboxylic acids is 3. The number of pyridine rings is 3. The Morgan fingerprint density at radius 3 is 1.41 bits per heavy atom. The molecule has 0 fully saturated rings. The fraction of sp³-hybridized carbons (Fsp3) is 0.114. The molecule has 0 saturated heterocycles. The number of aromatic hydroxyl groups is 3. The molecule has 3 amide bonds. The number of hydrogen-bond acceptors (Lipinski definition) is 15. The predicted molar refractivity (Wildman–Crippen MR) is 204 cm³/mol. The number of nitrogens with one attached hydrogen (secondary N) is 3. The molecule has 0 aliphatic heterocycles. The molecule has 0 saturated carbocycles. The van der Waals surface area contributed by atoms with Gasteiger partial charge in [-0.1, -0.05) is 0 Å². The summed E-state index contributed by atoms with van der Waals surface area (Å²) < 4.78 is 1.86. The molecule has 0 bridgehead atoms. The van der Waals surface area contributed by atoms with Gasteiger partial charge in [-0.05, 0) is 53.1 Å². The van der Waals surface area contributed by atoms with Crippen molar-refractivity contribution in [2.45, 2.75) is 6.92 Å². The van der Waals surface area contributed by atoms with Gasteiger partial charge in [-0.3, -0.25) is 28.8 Å². The van der Waals surface area contributed by atoms with Crippen molar-refractivity contribution >= 4 is 99.9 Å². The Hall–Kier alpha value is -7.33. The maximum absolute atomic E-state index is 11.7. The lowest BCUT2D eigenvalue weighted by molar-refractivity contribution is -0.136. The minimum Gasteiger partial charge on any atom is -0.505 e. The molecule has 6 heterocycles. The number of hydrogen-bond donors (Lipinski definition) is 9. The lowest BCUT2D eigenvalue weighted by Crippen LogP contribution is -2.30. The molecule has 6 aromatic rings. The molecule has 18 nitrogen and oxygen atoms in total. The molecule has 6 aromatic heterocycles. The summed E-state index contributed by atoms with van der Waals surface area (Å²) >= 11 is 3.94. The molecule has 0 aromatic carbocycles. The molecule has 6 rings (SSSR count). The van der Waals surface area contributed by atoms with Crippen LogP contribution in [0, 0.1) is 31.6 Å². The first-order chi connectivity index (χ1) is 26.6. The normalized spacial score (nSPS) is 10.2. The van der Waals surface area contributed by atoms with Crippen molar-refractivity contribution in [2.24, 2.45) is 0 Å². The number of terminal acetylenes is 2. The van der Waals surface area contributed by atoms with E-state index < -0.39 is 55.3 Å². The standard InChI is InChI=1S/2C12H8N2O4S.C11H10N2O4S/c1-2-7-11-6(3-4-19-11)10(17)9(14-7)12(18)13-5-8(15)16;1-2-7-6-3-4-19-11(6)10(17)9(14-7)12(18)13-5-8(15)16;1-5-10-6(2-3-18-10)9(16)8(13-5)11(17)12-4-7(14)15/h2*1,3-4,17H,5H2,(H,13,18)(H,15,16);2-3,16H,4H2,1H3,(H,12,17)(H,14,15). The van der Waals surface area contributed by atoms with Gasteiger partial charge in [0.05, 0.1) is 19.8 Å². The molecular weight excluding hydrogens is 793 g/mol. The Bertz CT molecular complexity index is 2510. The number of aryl methyl sites for hydroxylation is 1. The Labute approximate surface area is 326 Å². The third kappa shape index (κ3) is 9.42. The highest BCUT2D eigenvalue weighted by atomic mass is 32.1. The number of aromatic nitrogens is 3. The van der Waals surface area contributed by atoms with E-state index >= 15 is 0 Å². The summed E-state index contributed by atoms with van der Waals surface area (Å²) in [7, 11) is 0. The summed E-state index contributed by atoms with van der Waals surface area (Å²) in [5, 5.41) is 68.5. The number of carbonyl (C=O) groups is 6. The van der Waals surface area contributed by atoms with Crippen LogP contribution >= 0.6 is 34.0 Å². The second kappa shape index (κ2) is 18.1.